The van der Waals surface area contributed by atoms with Crippen LogP contribution in [0.2, 0.25) is 0 Å². The first kappa shape index (κ1) is 11.6. The van der Waals surface area contributed by atoms with Crippen molar-refractivity contribution in [2.24, 2.45) is 0 Å². The van der Waals surface area contributed by atoms with E-state index in [0.29, 0.717) is 6.04 Å². The number of rotatable bonds is 3. The van der Waals surface area contributed by atoms with Crippen LogP contribution in [0.5, 0.6) is 0 Å². The fourth-order valence-electron chi connectivity index (χ4n) is 2.10. The summed E-state index contributed by atoms with van der Waals surface area (Å²) in [6.45, 7) is 0. The van der Waals surface area contributed by atoms with Crippen molar-refractivity contribution in [3.63, 3.8) is 0 Å². The van der Waals surface area contributed by atoms with Crippen LogP contribution in [0, 0.1) is 0 Å². The van der Waals surface area contributed by atoms with Gasteiger partial charge in [0.25, 0.3) is 0 Å². The first-order chi connectivity index (χ1) is 8.92. The number of aromatic nitrogens is 3. The summed E-state index contributed by atoms with van der Waals surface area (Å²) in [7, 11) is 0. The van der Waals surface area contributed by atoms with Gasteiger partial charge in [0.05, 0.1) is 11.9 Å². The summed E-state index contributed by atoms with van der Waals surface area (Å²) in [5.74, 6) is 3.35. The van der Waals surface area contributed by atoms with Gasteiger partial charge in [0.2, 0.25) is 0 Å². The molecule has 18 heavy (non-hydrogen) atoms. The first-order valence-corrected chi connectivity index (χ1v) is 7.38. The Kier molecular flexibility index (Phi) is 3.50. The van der Waals surface area contributed by atoms with Crippen LogP contribution in [0.15, 0.2) is 36.8 Å². The Labute approximate surface area is 111 Å². The summed E-state index contributed by atoms with van der Waals surface area (Å²) < 4.78 is 1.76. The van der Waals surface area contributed by atoms with Crippen LogP contribution < -0.4 is 5.32 Å². The molecular formula is C13H16N4S. The third-order valence-electron chi connectivity index (χ3n) is 3.02. The predicted octanol–water partition coefficient (Wildman–Crippen LogP) is 2.57. The highest BCUT2D eigenvalue weighted by Gasteiger charge is 2.13. The summed E-state index contributed by atoms with van der Waals surface area (Å²) in [4.78, 5) is 4.42. The van der Waals surface area contributed by atoms with Gasteiger partial charge in [-0.3, -0.25) is 0 Å². The Hall–Kier alpha value is -1.49. The lowest BCUT2D eigenvalue weighted by Gasteiger charge is -2.23. The number of nitrogens with one attached hydrogen (secondary N) is 1. The van der Waals surface area contributed by atoms with Gasteiger partial charge in [0, 0.05) is 24.2 Å². The van der Waals surface area contributed by atoms with E-state index >= 15 is 0 Å². The second kappa shape index (κ2) is 5.44. The van der Waals surface area contributed by atoms with Gasteiger partial charge in [0.1, 0.15) is 0 Å². The topological polar surface area (TPSA) is 42.7 Å². The van der Waals surface area contributed by atoms with Gasteiger partial charge >= 0.3 is 0 Å². The van der Waals surface area contributed by atoms with Gasteiger partial charge in [-0.15, -0.1) is 0 Å². The highest BCUT2D eigenvalue weighted by atomic mass is 32.2. The maximum absolute atomic E-state index is 4.42. The van der Waals surface area contributed by atoms with Crippen LogP contribution in [0.3, 0.4) is 0 Å². The summed E-state index contributed by atoms with van der Waals surface area (Å²) in [6, 6.07) is 6.54. The standard InChI is InChI=1S/C13H16N4S/c1-3-12(10-18-8-1)16-11-4-5-13(14-9-11)17-7-2-6-15-17/h2,4-7,9,12,16H,1,3,8,10H2. The van der Waals surface area contributed by atoms with Crippen LogP contribution in [-0.4, -0.2) is 32.3 Å². The van der Waals surface area contributed by atoms with Gasteiger partial charge < -0.3 is 5.32 Å². The van der Waals surface area contributed by atoms with Gasteiger partial charge in [-0.25, -0.2) is 9.67 Å². The van der Waals surface area contributed by atoms with Gasteiger partial charge in [-0.05, 0) is 36.8 Å². The van der Waals surface area contributed by atoms with Crippen LogP contribution >= 0.6 is 11.8 Å². The maximum atomic E-state index is 4.42. The highest BCUT2D eigenvalue weighted by molar-refractivity contribution is 7.99. The van der Waals surface area contributed by atoms with Crippen molar-refractivity contribution < 1.29 is 0 Å². The monoisotopic (exact) mass is 260 g/mol. The van der Waals surface area contributed by atoms with Crippen LogP contribution in [0.25, 0.3) is 5.82 Å². The molecule has 0 aromatic carbocycles. The molecule has 1 unspecified atom stereocenters. The van der Waals surface area contributed by atoms with Crippen molar-refractivity contribution in [2.75, 3.05) is 16.8 Å². The lowest BCUT2D eigenvalue weighted by atomic mass is 10.2. The van der Waals surface area contributed by atoms with Crippen molar-refractivity contribution >= 4 is 17.4 Å². The third-order valence-corrected chi connectivity index (χ3v) is 4.23. The van der Waals surface area contributed by atoms with E-state index in [-0.39, 0.29) is 0 Å². The molecule has 2 aromatic rings. The minimum Gasteiger partial charge on any atom is -0.380 e. The molecule has 94 valence electrons. The molecule has 1 aliphatic heterocycles. The minimum atomic E-state index is 0.584. The molecule has 4 nitrogen and oxygen atoms in total. The molecule has 2 aromatic heterocycles. The Morgan fingerprint density at radius 2 is 2.39 bits per heavy atom. The number of hydrogen-bond donors (Lipinski definition) is 1. The van der Waals surface area contributed by atoms with Gasteiger partial charge in [0.15, 0.2) is 5.82 Å². The van der Waals surface area contributed by atoms with E-state index in [1.54, 1.807) is 10.9 Å². The molecule has 0 spiro atoms. The summed E-state index contributed by atoms with van der Waals surface area (Å²) in [5, 5.41) is 7.70. The van der Waals surface area contributed by atoms with Crippen LogP contribution in [-0.2, 0) is 0 Å². The number of nitrogens with zero attached hydrogens (tertiary/aromatic N) is 3. The summed E-state index contributed by atoms with van der Waals surface area (Å²) in [6.07, 6.45) is 8.10. The van der Waals surface area contributed by atoms with E-state index < -0.39 is 0 Å². The van der Waals surface area contributed by atoms with E-state index in [1.165, 1.54) is 24.3 Å². The van der Waals surface area contributed by atoms with Crippen molar-refractivity contribution in [1.29, 1.82) is 0 Å². The number of anilines is 1. The van der Waals surface area contributed by atoms with Crippen molar-refractivity contribution in [3.05, 3.63) is 36.8 Å². The molecule has 1 fully saturated rings. The predicted molar refractivity (Wildman–Crippen MR) is 75.3 cm³/mol. The largest absolute Gasteiger partial charge is 0.380 e. The molecule has 1 saturated heterocycles. The zero-order chi connectivity index (χ0) is 12.2. The molecule has 0 saturated carbocycles. The lowest BCUT2D eigenvalue weighted by molar-refractivity contribution is 0.684. The SMILES string of the molecule is c1cnn(-c2ccc(NC3CCCSC3)cn2)c1. The molecule has 3 rings (SSSR count). The normalized spacial score (nSPS) is 19.7. The van der Waals surface area contributed by atoms with Crippen LogP contribution in [0.1, 0.15) is 12.8 Å². The lowest BCUT2D eigenvalue weighted by Crippen LogP contribution is -2.25. The minimum absolute atomic E-state index is 0.584. The van der Waals surface area contributed by atoms with Gasteiger partial charge in [-0.2, -0.15) is 16.9 Å². The van der Waals surface area contributed by atoms with Crippen LogP contribution in [0.4, 0.5) is 5.69 Å². The number of pyridine rings is 1. The van der Waals surface area contributed by atoms with E-state index in [9.17, 15) is 0 Å². The zero-order valence-corrected chi connectivity index (χ0v) is 10.9. The third kappa shape index (κ3) is 2.67. The average Bonchev–Trinajstić information content (AvgIpc) is 2.95. The second-order valence-electron chi connectivity index (χ2n) is 4.41. The van der Waals surface area contributed by atoms with Crippen molar-refractivity contribution in [3.8, 4) is 5.82 Å². The Morgan fingerprint density at radius 1 is 1.39 bits per heavy atom. The maximum Gasteiger partial charge on any atom is 0.153 e. The molecule has 3 heterocycles. The number of thioether (sulfide) groups is 1. The smallest absolute Gasteiger partial charge is 0.153 e. The molecule has 0 aliphatic carbocycles. The van der Waals surface area contributed by atoms with Crippen molar-refractivity contribution in [1.82, 2.24) is 14.8 Å². The van der Waals surface area contributed by atoms with E-state index in [0.717, 1.165) is 11.5 Å². The van der Waals surface area contributed by atoms with E-state index in [4.69, 9.17) is 0 Å². The molecule has 5 heteroatoms. The Morgan fingerprint density at radius 3 is 3.06 bits per heavy atom. The van der Waals surface area contributed by atoms with E-state index in [2.05, 4.69) is 21.5 Å². The molecule has 1 N–H and O–H groups in total. The molecule has 1 aliphatic rings. The van der Waals surface area contributed by atoms with Crippen molar-refractivity contribution in [2.45, 2.75) is 18.9 Å². The molecule has 0 amide bonds. The Bertz CT molecular complexity index is 474. The second-order valence-corrected chi connectivity index (χ2v) is 5.56. The Balaban J connectivity index is 1.67. The quantitative estimate of drug-likeness (QED) is 0.921. The highest BCUT2D eigenvalue weighted by Crippen LogP contribution is 2.20. The van der Waals surface area contributed by atoms with E-state index in [1.807, 2.05) is 36.3 Å². The summed E-state index contributed by atoms with van der Waals surface area (Å²) >= 11 is 2.03. The van der Waals surface area contributed by atoms with Gasteiger partial charge in [-0.1, -0.05) is 0 Å². The average molecular weight is 260 g/mol. The molecule has 1 atom stereocenters. The fraction of sp³-hybridized carbons (Fsp3) is 0.385. The zero-order valence-electron chi connectivity index (χ0n) is 10.1. The molecular weight excluding hydrogens is 244 g/mol. The number of hydrogen-bond acceptors (Lipinski definition) is 4. The first-order valence-electron chi connectivity index (χ1n) is 6.22. The molecule has 0 radical (unpaired) electrons. The fourth-order valence-corrected chi connectivity index (χ4v) is 3.17. The summed E-state index contributed by atoms with van der Waals surface area (Å²) in [5.41, 5.74) is 1.10. The molecule has 0 bridgehead atoms.